The smallest absolute Gasteiger partial charge is 0.272 e. The van der Waals surface area contributed by atoms with Gasteiger partial charge in [-0.15, -0.1) is 0 Å². The zero-order chi connectivity index (χ0) is 18.5. The molecule has 3 rings (SSSR count). The van der Waals surface area contributed by atoms with Crippen LogP contribution in [0.15, 0.2) is 59.4 Å². The number of para-hydroxylation sites is 3. The molecule has 2 aromatic carbocycles. The molecule has 26 heavy (non-hydrogen) atoms. The number of carbonyl (C=O) groups excluding carboxylic acids is 1. The van der Waals surface area contributed by atoms with E-state index >= 15 is 0 Å². The predicted molar refractivity (Wildman–Crippen MR) is 100 cm³/mol. The molecule has 1 aromatic heterocycles. The number of hydrogen-bond acceptors (Lipinski definition) is 4. The van der Waals surface area contributed by atoms with Gasteiger partial charge in [0, 0.05) is 13.1 Å². The van der Waals surface area contributed by atoms with Crippen molar-refractivity contribution in [2.24, 2.45) is 0 Å². The van der Waals surface area contributed by atoms with E-state index in [0.717, 1.165) is 11.0 Å². The van der Waals surface area contributed by atoms with Gasteiger partial charge in [-0.05, 0) is 38.1 Å². The van der Waals surface area contributed by atoms with Crippen LogP contribution in [0.5, 0.6) is 5.75 Å². The van der Waals surface area contributed by atoms with Gasteiger partial charge in [-0.25, -0.2) is 4.98 Å². The van der Waals surface area contributed by atoms with Crippen LogP contribution in [-0.4, -0.2) is 28.1 Å². The molecule has 0 aliphatic heterocycles. The van der Waals surface area contributed by atoms with E-state index in [9.17, 15) is 9.59 Å². The van der Waals surface area contributed by atoms with Crippen molar-refractivity contribution in [1.82, 2.24) is 14.9 Å². The first-order valence-electron chi connectivity index (χ1n) is 8.52. The molecule has 0 fully saturated rings. The number of fused-ring (bicyclic) bond motifs is 1. The Balaban J connectivity index is 1.65. The number of carbonyl (C=O) groups is 1. The van der Waals surface area contributed by atoms with Gasteiger partial charge in [0.1, 0.15) is 11.4 Å². The Kier molecular flexibility index (Phi) is 5.31. The van der Waals surface area contributed by atoms with E-state index < -0.39 is 6.10 Å². The molecule has 0 saturated heterocycles. The van der Waals surface area contributed by atoms with E-state index in [-0.39, 0.29) is 11.5 Å². The second kappa shape index (κ2) is 7.82. The summed E-state index contributed by atoms with van der Waals surface area (Å²) in [7, 11) is 0. The molecule has 6 nitrogen and oxygen atoms in total. The number of aromatic nitrogens is 2. The predicted octanol–water partition coefficient (Wildman–Crippen LogP) is 2.29. The molecule has 0 radical (unpaired) electrons. The first kappa shape index (κ1) is 17.7. The van der Waals surface area contributed by atoms with Crippen molar-refractivity contribution < 1.29 is 9.53 Å². The van der Waals surface area contributed by atoms with Gasteiger partial charge >= 0.3 is 0 Å². The van der Waals surface area contributed by atoms with Gasteiger partial charge < -0.3 is 14.6 Å². The molecular weight excluding hydrogens is 330 g/mol. The van der Waals surface area contributed by atoms with Gasteiger partial charge in [-0.1, -0.05) is 30.3 Å². The summed E-state index contributed by atoms with van der Waals surface area (Å²) in [5, 5.41) is 2.82. The highest BCUT2D eigenvalue weighted by molar-refractivity contribution is 5.80. The molecular formula is C20H21N3O3. The van der Waals surface area contributed by atoms with Crippen LogP contribution in [0, 0.1) is 6.92 Å². The van der Waals surface area contributed by atoms with Gasteiger partial charge in [0.05, 0.1) is 11.0 Å². The Bertz CT molecular complexity index is 967. The van der Waals surface area contributed by atoms with Crippen molar-refractivity contribution in [3.63, 3.8) is 0 Å². The molecule has 134 valence electrons. The van der Waals surface area contributed by atoms with Gasteiger partial charge in [-0.3, -0.25) is 9.59 Å². The van der Waals surface area contributed by atoms with E-state index in [1.807, 2.05) is 42.5 Å². The summed E-state index contributed by atoms with van der Waals surface area (Å²) in [4.78, 5) is 28.9. The number of amides is 1. The maximum absolute atomic E-state index is 12.4. The highest BCUT2D eigenvalue weighted by Gasteiger charge is 2.14. The highest BCUT2D eigenvalue weighted by atomic mass is 16.5. The van der Waals surface area contributed by atoms with Crippen molar-refractivity contribution in [2.75, 3.05) is 6.54 Å². The topological polar surface area (TPSA) is 73.2 Å². The molecule has 1 N–H and O–H groups in total. The zero-order valence-corrected chi connectivity index (χ0v) is 14.8. The van der Waals surface area contributed by atoms with Crippen molar-refractivity contribution in [1.29, 1.82) is 0 Å². The summed E-state index contributed by atoms with van der Waals surface area (Å²) in [6, 6.07) is 16.7. The molecule has 1 amide bonds. The molecule has 0 aliphatic carbocycles. The summed E-state index contributed by atoms with van der Waals surface area (Å²) < 4.78 is 7.24. The third-order valence-electron chi connectivity index (χ3n) is 4.08. The van der Waals surface area contributed by atoms with Crippen LogP contribution < -0.4 is 15.6 Å². The number of nitrogens with zero attached hydrogens (tertiary/aromatic N) is 2. The van der Waals surface area contributed by atoms with E-state index in [2.05, 4.69) is 10.3 Å². The van der Waals surface area contributed by atoms with Crippen LogP contribution >= 0.6 is 0 Å². The van der Waals surface area contributed by atoms with E-state index in [0.29, 0.717) is 24.5 Å². The second-order valence-electron chi connectivity index (χ2n) is 6.01. The third-order valence-corrected chi connectivity index (χ3v) is 4.08. The maximum atomic E-state index is 12.4. The van der Waals surface area contributed by atoms with Crippen LogP contribution in [0.25, 0.3) is 11.0 Å². The monoisotopic (exact) mass is 351 g/mol. The van der Waals surface area contributed by atoms with Crippen molar-refractivity contribution in [3.8, 4) is 5.75 Å². The molecule has 1 heterocycles. The molecule has 0 aliphatic rings. The lowest BCUT2D eigenvalue weighted by atomic mass is 10.2. The van der Waals surface area contributed by atoms with Crippen LogP contribution in [0.4, 0.5) is 0 Å². The molecule has 0 unspecified atom stereocenters. The molecule has 6 heteroatoms. The quantitative estimate of drug-likeness (QED) is 0.739. The summed E-state index contributed by atoms with van der Waals surface area (Å²) >= 11 is 0. The second-order valence-corrected chi connectivity index (χ2v) is 6.01. The van der Waals surface area contributed by atoms with Crippen molar-refractivity contribution >= 4 is 16.9 Å². The standard InChI is InChI=1S/C20H21N3O3/c1-14-20(25)23(18-11-7-6-10-17(18)22-14)13-12-21-19(24)15(2)26-16-8-4-3-5-9-16/h3-11,15H,12-13H2,1-2H3,(H,21,24)/t15-/m1/s1. The number of nitrogens with one attached hydrogen (secondary N) is 1. The van der Waals surface area contributed by atoms with Crippen LogP contribution in [0.3, 0.4) is 0 Å². The van der Waals surface area contributed by atoms with E-state index in [1.54, 1.807) is 30.5 Å². The number of rotatable bonds is 6. The van der Waals surface area contributed by atoms with Crippen LogP contribution in [0.2, 0.25) is 0 Å². The van der Waals surface area contributed by atoms with Gasteiger partial charge in [-0.2, -0.15) is 0 Å². The van der Waals surface area contributed by atoms with Crippen molar-refractivity contribution in [3.05, 3.63) is 70.6 Å². The van der Waals surface area contributed by atoms with Crippen molar-refractivity contribution in [2.45, 2.75) is 26.5 Å². The molecule has 1 atom stereocenters. The summed E-state index contributed by atoms with van der Waals surface area (Å²) in [6.45, 7) is 4.08. The Morgan fingerprint density at radius 3 is 2.62 bits per heavy atom. The zero-order valence-electron chi connectivity index (χ0n) is 14.8. The largest absolute Gasteiger partial charge is 0.481 e. The molecule has 3 aromatic rings. The number of hydrogen-bond donors (Lipinski definition) is 1. The Labute approximate surface area is 151 Å². The van der Waals surface area contributed by atoms with Gasteiger partial charge in [0.2, 0.25) is 0 Å². The Hall–Kier alpha value is -3.15. The minimum Gasteiger partial charge on any atom is -0.481 e. The fourth-order valence-electron chi connectivity index (χ4n) is 2.73. The minimum absolute atomic E-state index is 0.147. The van der Waals surface area contributed by atoms with Crippen LogP contribution in [-0.2, 0) is 11.3 Å². The Morgan fingerprint density at radius 1 is 1.15 bits per heavy atom. The highest BCUT2D eigenvalue weighted by Crippen LogP contribution is 2.11. The lowest BCUT2D eigenvalue weighted by Crippen LogP contribution is -2.39. The average molecular weight is 351 g/mol. The third kappa shape index (κ3) is 3.91. The van der Waals surface area contributed by atoms with E-state index in [4.69, 9.17) is 4.74 Å². The van der Waals surface area contributed by atoms with Gasteiger partial charge in [0.25, 0.3) is 11.5 Å². The minimum atomic E-state index is -0.620. The number of benzene rings is 2. The van der Waals surface area contributed by atoms with E-state index in [1.165, 1.54) is 0 Å². The van der Waals surface area contributed by atoms with Gasteiger partial charge in [0.15, 0.2) is 6.10 Å². The maximum Gasteiger partial charge on any atom is 0.272 e. The SMILES string of the molecule is Cc1nc2ccccc2n(CCNC(=O)[C@@H](C)Oc2ccccc2)c1=O. The summed E-state index contributed by atoms with van der Waals surface area (Å²) in [5.74, 6) is 0.416. The van der Waals surface area contributed by atoms with Crippen LogP contribution in [0.1, 0.15) is 12.6 Å². The fraction of sp³-hybridized carbons (Fsp3) is 0.250. The normalized spacial score (nSPS) is 11.9. The average Bonchev–Trinajstić information content (AvgIpc) is 2.65. The lowest BCUT2D eigenvalue weighted by molar-refractivity contribution is -0.127. The Morgan fingerprint density at radius 2 is 1.85 bits per heavy atom. The fourth-order valence-corrected chi connectivity index (χ4v) is 2.73. The lowest BCUT2D eigenvalue weighted by Gasteiger charge is -2.16. The molecule has 0 saturated carbocycles. The molecule has 0 spiro atoms. The first-order valence-corrected chi connectivity index (χ1v) is 8.52. The first-order chi connectivity index (χ1) is 12.6. The molecule has 0 bridgehead atoms. The number of ether oxygens (including phenoxy) is 1. The summed E-state index contributed by atoms with van der Waals surface area (Å²) in [6.07, 6.45) is -0.620. The summed E-state index contributed by atoms with van der Waals surface area (Å²) in [5.41, 5.74) is 1.81. The number of aryl methyl sites for hydroxylation is 1.